The highest BCUT2D eigenvalue weighted by Gasteiger charge is 2.60. The standard InChI is InChI=1S/C24H32O4/c1-4-5-6-22(27)28-20-14-16-17-7-8-21(26)24(17,3)12-10-18(16)23(2)11-9-15(25)13-19(20)23/h9,11,13,16-18,20H,4-8,10,12,14H2,1-3H3/t16-,17-,18-,20+,23+,24-/m0/s1. The Balaban J connectivity index is 1.67. The maximum atomic E-state index is 12.6. The first-order valence-electron chi connectivity index (χ1n) is 11.0. The molecule has 6 atom stereocenters. The highest BCUT2D eigenvalue weighted by atomic mass is 16.5. The fraction of sp³-hybridized carbons (Fsp3) is 0.708. The highest BCUT2D eigenvalue weighted by Crippen LogP contribution is 2.63. The number of allylic oxidation sites excluding steroid dienone is 3. The van der Waals surface area contributed by atoms with Crippen LogP contribution in [0.15, 0.2) is 23.8 Å². The number of fused-ring (bicyclic) bond motifs is 5. The number of rotatable bonds is 4. The van der Waals surface area contributed by atoms with E-state index in [2.05, 4.69) is 20.8 Å². The third kappa shape index (κ3) is 2.91. The summed E-state index contributed by atoms with van der Waals surface area (Å²) in [6, 6.07) is 0. The van der Waals surface area contributed by atoms with Crippen LogP contribution in [0.4, 0.5) is 0 Å². The number of esters is 1. The van der Waals surface area contributed by atoms with Crippen LogP contribution in [-0.2, 0) is 19.1 Å². The summed E-state index contributed by atoms with van der Waals surface area (Å²) in [6.07, 6.45) is 11.6. The lowest BCUT2D eigenvalue weighted by atomic mass is 9.48. The van der Waals surface area contributed by atoms with Gasteiger partial charge in [-0.1, -0.05) is 33.3 Å². The molecule has 4 rings (SSSR count). The summed E-state index contributed by atoms with van der Waals surface area (Å²) in [7, 11) is 0. The lowest BCUT2D eigenvalue weighted by Gasteiger charge is -2.57. The van der Waals surface area contributed by atoms with Crippen molar-refractivity contribution < 1.29 is 19.1 Å². The molecule has 0 unspecified atom stereocenters. The van der Waals surface area contributed by atoms with E-state index in [1.165, 1.54) is 0 Å². The Morgan fingerprint density at radius 1 is 1.21 bits per heavy atom. The van der Waals surface area contributed by atoms with Gasteiger partial charge in [-0.05, 0) is 67.6 Å². The molecule has 0 spiro atoms. The molecule has 0 bridgehead atoms. The average molecular weight is 385 g/mol. The molecule has 4 heteroatoms. The van der Waals surface area contributed by atoms with Crippen LogP contribution in [0.3, 0.4) is 0 Å². The van der Waals surface area contributed by atoms with Crippen LogP contribution in [0, 0.1) is 28.6 Å². The Hall–Kier alpha value is -1.71. The largest absolute Gasteiger partial charge is 0.458 e. The first-order valence-corrected chi connectivity index (χ1v) is 11.0. The minimum Gasteiger partial charge on any atom is -0.458 e. The minimum atomic E-state index is -0.345. The van der Waals surface area contributed by atoms with E-state index in [1.54, 1.807) is 12.2 Å². The van der Waals surface area contributed by atoms with Crippen molar-refractivity contribution in [2.45, 2.75) is 78.2 Å². The fourth-order valence-electron chi connectivity index (χ4n) is 6.64. The fourth-order valence-corrected chi connectivity index (χ4v) is 6.64. The summed E-state index contributed by atoms with van der Waals surface area (Å²) >= 11 is 0. The summed E-state index contributed by atoms with van der Waals surface area (Å²) in [5.41, 5.74) is 0.488. The van der Waals surface area contributed by atoms with Crippen molar-refractivity contribution in [1.29, 1.82) is 0 Å². The molecule has 28 heavy (non-hydrogen) atoms. The number of unbranched alkanes of at least 4 members (excludes halogenated alkanes) is 1. The first-order chi connectivity index (χ1) is 13.3. The molecule has 3 fully saturated rings. The van der Waals surface area contributed by atoms with Crippen molar-refractivity contribution in [2.24, 2.45) is 28.6 Å². The van der Waals surface area contributed by atoms with Gasteiger partial charge in [-0.25, -0.2) is 0 Å². The zero-order chi connectivity index (χ0) is 20.1. The van der Waals surface area contributed by atoms with Crippen LogP contribution < -0.4 is 0 Å². The Labute approximate surface area is 167 Å². The number of ketones is 2. The van der Waals surface area contributed by atoms with E-state index in [9.17, 15) is 14.4 Å². The molecule has 0 aliphatic heterocycles. The number of ether oxygens (including phenoxy) is 1. The van der Waals surface area contributed by atoms with Gasteiger partial charge < -0.3 is 4.74 Å². The van der Waals surface area contributed by atoms with Gasteiger partial charge >= 0.3 is 5.97 Å². The lowest BCUT2D eigenvalue weighted by Crippen LogP contribution is -2.53. The lowest BCUT2D eigenvalue weighted by molar-refractivity contribution is -0.154. The van der Waals surface area contributed by atoms with Crippen molar-refractivity contribution in [3.63, 3.8) is 0 Å². The molecule has 0 N–H and O–H groups in total. The van der Waals surface area contributed by atoms with Crippen molar-refractivity contribution in [3.8, 4) is 0 Å². The van der Waals surface area contributed by atoms with Crippen molar-refractivity contribution in [3.05, 3.63) is 23.8 Å². The Morgan fingerprint density at radius 2 is 2.00 bits per heavy atom. The molecule has 3 saturated carbocycles. The highest BCUT2D eigenvalue weighted by molar-refractivity contribution is 6.01. The molecule has 0 radical (unpaired) electrons. The second-order valence-electron chi connectivity index (χ2n) is 9.73. The van der Waals surface area contributed by atoms with Gasteiger partial charge in [-0.15, -0.1) is 0 Å². The van der Waals surface area contributed by atoms with Crippen LogP contribution in [-0.4, -0.2) is 23.6 Å². The number of hydrogen-bond acceptors (Lipinski definition) is 4. The number of Topliss-reactive ketones (excluding diaryl/α,β-unsaturated/α-hetero) is 1. The first kappa shape index (κ1) is 19.6. The van der Waals surface area contributed by atoms with E-state index in [0.29, 0.717) is 36.4 Å². The maximum Gasteiger partial charge on any atom is 0.306 e. The smallest absolute Gasteiger partial charge is 0.306 e. The van der Waals surface area contributed by atoms with Crippen LogP contribution >= 0.6 is 0 Å². The van der Waals surface area contributed by atoms with E-state index >= 15 is 0 Å². The molecule has 4 aliphatic rings. The summed E-state index contributed by atoms with van der Waals surface area (Å²) in [6.45, 7) is 6.41. The second kappa shape index (κ2) is 6.96. The molecule has 4 aliphatic carbocycles. The van der Waals surface area contributed by atoms with Crippen LogP contribution in [0.1, 0.15) is 72.1 Å². The number of carbonyl (C=O) groups is 3. The van der Waals surface area contributed by atoms with Crippen LogP contribution in [0.5, 0.6) is 0 Å². The summed E-state index contributed by atoms with van der Waals surface area (Å²) in [4.78, 5) is 37.2. The van der Waals surface area contributed by atoms with E-state index in [0.717, 1.165) is 44.1 Å². The van der Waals surface area contributed by atoms with Gasteiger partial charge in [0.1, 0.15) is 11.9 Å². The zero-order valence-electron chi connectivity index (χ0n) is 17.3. The molecule has 4 nitrogen and oxygen atoms in total. The minimum absolute atomic E-state index is 0.0165. The number of hydrogen-bond donors (Lipinski definition) is 0. The van der Waals surface area contributed by atoms with Crippen molar-refractivity contribution in [2.75, 3.05) is 0 Å². The van der Waals surface area contributed by atoms with Gasteiger partial charge in [-0.2, -0.15) is 0 Å². The summed E-state index contributed by atoms with van der Waals surface area (Å²) < 4.78 is 5.96. The molecule has 0 aromatic rings. The topological polar surface area (TPSA) is 60.4 Å². The molecule has 0 heterocycles. The molecule has 0 aromatic heterocycles. The van der Waals surface area contributed by atoms with Gasteiger partial charge in [0.05, 0.1) is 0 Å². The van der Waals surface area contributed by atoms with E-state index in [1.807, 2.05) is 6.08 Å². The Bertz CT molecular complexity index is 763. The van der Waals surface area contributed by atoms with Gasteiger partial charge in [0, 0.05) is 23.7 Å². The monoisotopic (exact) mass is 384 g/mol. The summed E-state index contributed by atoms with van der Waals surface area (Å²) in [5, 5.41) is 0. The van der Waals surface area contributed by atoms with Crippen LogP contribution in [0.2, 0.25) is 0 Å². The molecular weight excluding hydrogens is 352 g/mol. The normalized spacial score (nSPS) is 41.8. The van der Waals surface area contributed by atoms with Gasteiger partial charge in [0.2, 0.25) is 0 Å². The molecule has 0 amide bonds. The SMILES string of the molecule is CCCCC(=O)O[C@@H]1C[C@@H]2[C@H](CC[C@]3(C)C(=O)CC[C@@H]23)[C@@]2(C)C=CC(=O)C=C12. The van der Waals surface area contributed by atoms with Crippen molar-refractivity contribution >= 4 is 17.5 Å². The Kier molecular flexibility index (Phi) is 4.87. The predicted octanol–water partition coefficient (Wildman–Crippen LogP) is 4.58. The molecular formula is C24H32O4. The third-order valence-electron chi connectivity index (χ3n) is 8.27. The van der Waals surface area contributed by atoms with E-state index in [4.69, 9.17) is 4.74 Å². The van der Waals surface area contributed by atoms with Gasteiger partial charge in [0.25, 0.3) is 0 Å². The van der Waals surface area contributed by atoms with Gasteiger partial charge in [0.15, 0.2) is 5.78 Å². The zero-order valence-corrected chi connectivity index (χ0v) is 17.3. The van der Waals surface area contributed by atoms with Crippen LogP contribution in [0.25, 0.3) is 0 Å². The second-order valence-corrected chi connectivity index (χ2v) is 9.73. The van der Waals surface area contributed by atoms with Crippen molar-refractivity contribution in [1.82, 2.24) is 0 Å². The number of carbonyl (C=O) groups excluding carboxylic acids is 3. The third-order valence-corrected chi connectivity index (χ3v) is 8.27. The quantitative estimate of drug-likeness (QED) is 0.666. The molecule has 152 valence electrons. The predicted molar refractivity (Wildman–Crippen MR) is 106 cm³/mol. The average Bonchev–Trinajstić information content (AvgIpc) is 2.96. The van der Waals surface area contributed by atoms with Gasteiger partial charge in [-0.3, -0.25) is 14.4 Å². The molecule has 0 saturated heterocycles. The Morgan fingerprint density at radius 3 is 2.75 bits per heavy atom. The summed E-state index contributed by atoms with van der Waals surface area (Å²) in [5.74, 6) is 1.34. The maximum absolute atomic E-state index is 12.6. The van der Waals surface area contributed by atoms with E-state index in [-0.39, 0.29) is 28.7 Å². The molecule has 0 aromatic carbocycles. The van der Waals surface area contributed by atoms with E-state index < -0.39 is 0 Å².